The maximum atomic E-state index is 5.66. The third-order valence-electron chi connectivity index (χ3n) is 6.05. The van der Waals surface area contributed by atoms with Crippen LogP contribution in [0.2, 0.25) is 71.5 Å². The number of rotatable bonds is 16. The van der Waals surface area contributed by atoms with Crippen molar-refractivity contribution < 1.29 is 8.85 Å². The van der Waals surface area contributed by atoms with Crippen molar-refractivity contribution in [2.75, 3.05) is 33.9 Å². The fraction of sp³-hybridized carbons (Fsp3) is 1.00. The van der Waals surface area contributed by atoms with Gasteiger partial charge in [-0.15, -0.1) is 0 Å². The molecule has 0 saturated heterocycles. The van der Waals surface area contributed by atoms with Gasteiger partial charge in [-0.2, -0.15) is 0 Å². The maximum absolute atomic E-state index is 5.66. The molecule has 0 aromatic rings. The third kappa shape index (κ3) is 12.4. The average molecular weight is 479 g/mol. The van der Waals surface area contributed by atoms with Crippen molar-refractivity contribution in [3.05, 3.63) is 0 Å². The smallest absolute Gasteiger partial charge is 0.334 e. The Bertz CT molecular complexity index is 427. The van der Waals surface area contributed by atoms with Crippen LogP contribution in [-0.2, 0) is 8.85 Å². The molecular formula is C21H54N2O2Si4. The van der Waals surface area contributed by atoms with E-state index in [2.05, 4.69) is 74.3 Å². The normalized spacial score (nSPS) is 14.3. The topological polar surface area (TPSA) is 24.9 Å². The lowest BCUT2D eigenvalue weighted by Crippen LogP contribution is -2.59. The zero-order valence-corrected chi connectivity index (χ0v) is 26.1. The second-order valence-electron chi connectivity index (χ2n) is 11.7. The lowest BCUT2D eigenvalue weighted by Gasteiger charge is -2.43. The van der Waals surface area contributed by atoms with E-state index in [0.29, 0.717) is 0 Å². The molecule has 0 saturated carbocycles. The van der Waals surface area contributed by atoms with Gasteiger partial charge >= 0.3 is 8.56 Å². The molecule has 0 bridgehead atoms. The van der Waals surface area contributed by atoms with Gasteiger partial charge in [0.1, 0.15) is 24.7 Å². The Hall–Kier alpha value is 0.708. The summed E-state index contributed by atoms with van der Waals surface area (Å²) in [5.74, 6) is 0. The molecule has 0 aliphatic rings. The molecule has 29 heavy (non-hydrogen) atoms. The van der Waals surface area contributed by atoms with E-state index in [-0.39, 0.29) is 0 Å². The van der Waals surface area contributed by atoms with Crippen LogP contribution in [0, 0.1) is 0 Å². The highest BCUT2D eigenvalue weighted by Gasteiger charge is 2.33. The minimum atomic E-state index is -1.92. The second kappa shape index (κ2) is 12.7. The average Bonchev–Trinajstić information content (AvgIpc) is 2.55. The molecule has 0 heterocycles. The van der Waals surface area contributed by atoms with E-state index in [1.165, 1.54) is 51.7 Å². The van der Waals surface area contributed by atoms with Crippen molar-refractivity contribution in [2.45, 2.75) is 104 Å². The summed E-state index contributed by atoms with van der Waals surface area (Å²) in [6.07, 6.45) is 6.65. The van der Waals surface area contributed by atoms with Crippen LogP contribution in [0.3, 0.4) is 0 Å². The molecule has 176 valence electrons. The molecule has 0 rings (SSSR count). The van der Waals surface area contributed by atoms with Gasteiger partial charge in [0.15, 0.2) is 0 Å². The first-order valence-corrected chi connectivity index (χ1v) is 24.6. The molecule has 0 unspecified atom stereocenters. The first-order valence-electron chi connectivity index (χ1n) is 11.7. The molecule has 0 aromatic carbocycles. The fourth-order valence-electron chi connectivity index (χ4n) is 4.26. The minimum Gasteiger partial charge on any atom is -0.398 e. The quantitative estimate of drug-likeness (QED) is 0.189. The molecule has 0 amide bonds. The fourth-order valence-corrected chi connectivity index (χ4v) is 17.0. The Morgan fingerprint density at radius 2 is 0.931 bits per heavy atom. The molecule has 0 aromatic heterocycles. The van der Waals surface area contributed by atoms with Crippen LogP contribution in [-0.4, -0.2) is 75.9 Å². The van der Waals surface area contributed by atoms with Crippen LogP contribution in [0.25, 0.3) is 0 Å². The summed E-state index contributed by atoms with van der Waals surface area (Å²) in [7, 11) is -1.98. The minimum absolute atomic E-state index is 1.09. The van der Waals surface area contributed by atoms with Gasteiger partial charge in [-0.3, -0.25) is 0 Å². The lowest BCUT2D eigenvalue weighted by molar-refractivity contribution is 0.246. The summed E-state index contributed by atoms with van der Waals surface area (Å²) in [5.41, 5.74) is 0. The Balaban J connectivity index is 4.37. The van der Waals surface area contributed by atoms with E-state index in [0.717, 1.165) is 6.04 Å². The summed E-state index contributed by atoms with van der Waals surface area (Å²) >= 11 is 0. The Morgan fingerprint density at radius 3 is 1.31 bits per heavy atom. The number of nitrogens with zero attached hydrogens (tertiary/aromatic N) is 2. The zero-order chi connectivity index (χ0) is 22.9. The highest BCUT2D eigenvalue weighted by atomic mass is 28.4. The molecule has 4 nitrogen and oxygen atoms in total. The molecule has 0 fully saturated rings. The Labute approximate surface area is 188 Å². The van der Waals surface area contributed by atoms with Gasteiger partial charge < -0.3 is 17.6 Å². The highest BCUT2D eigenvalue weighted by Crippen LogP contribution is 2.21. The van der Waals surface area contributed by atoms with Crippen LogP contribution in [0.5, 0.6) is 0 Å². The van der Waals surface area contributed by atoms with Crippen LogP contribution < -0.4 is 0 Å². The van der Waals surface area contributed by atoms with E-state index in [4.69, 9.17) is 8.85 Å². The Kier molecular flexibility index (Phi) is 13.0. The monoisotopic (exact) mass is 478 g/mol. The summed E-state index contributed by atoms with van der Waals surface area (Å²) in [4.78, 5) is 0. The number of hydrogen-bond donors (Lipinski definition) is 0. The van der Waals surface area contributed by atoms with Crippen molar-refractivity contribution in [1.29, 1.82) is 0 Å². The second-order valence-corrected chi connectivity index (χ2v) is 30.5. The standard InChI is InChI=1S/C21H54N2O2Si4/c1-24-29(12,25-2)21-17-19-22(26(3,4)5)18-15-13-14-16-20-23(27(6,7)8)28(9,10)11/h13-21H2,1-12H3. The van der Waals surface area contributed by atoms with Gasteiger partial charge in [-0.05, 0) is 51.5 Å². The van der Waals surface area contributed by atoms with Crippen LogP contribution in [0.4, 0.5) is 0 Å². The van der Waals surface area contributed by atoms with Crippen LogP contribution >= 0.6 is 0 Å². The molecule has 0 aliphatic heterocycles. The van der Waals surface area contributed by atoms with Crippen LogP contribution in [0.1, 0.15) is 32.1 Å². The number of unbranched alkanes of at least 4 members (excludes halogenated alkanes) is 3. The van der Waals surface area contributed by atoms with Gasteiger partial charge in [0.05, 0.1) is 0 Å². The van der Waals surface area contributed by atoms with Crippen LogP contribution in [0.15, 0.2) is 0 Å². The highest BCUT2D eigenvalue weighted by molar-refractivity contribution is 6.89. The molecule has 0 radical (unpaired) electrons. The first-order chi connectivity index (χ1) is 13.1. The summed E-state index contributed by atoms with van der Waals surface area (Å²) in [6, 6.07) is 1.09. The summed E-state index contributed by atoms with van der Waals surface area (Å²) in [5, 5.41) is 0. The molecule has 0 aliphatic carbocycles. The molecule has 0 spiro atoms. The van der Waals surface area contributed by atoms with Gasteiger partial charge in [0.25, 0.3) is 0 Å². The van der Waals surface area contributed by atoms with E-state index in [1.807, 2.05) is 0 Å². The molecule has 0 N–H and O–H groups in total. The van der Waals surface area contributed by atoms with Crippen molar-refractivity contribution in [3.8, 4) is 0 Å². The predicted octanol–water partition coefficient (Wildman–Crippen LogP) is 6.41. The van der Waals surface area contributed by atoms with Crippen molar-refractivity contribution in [2.24, 2.45) is 0 Å². The van der Waals surface area contributed by atoms with Crippen molar-refractivity contribution in [1.82, 2.24) is 8.80 Å². The van der Waals surface area contributed by atoms with Gasteiger partial charge in [0, 0.05) is 14.2 Å². The predicted molar refractivity (Wildman–Crippen MR) is 142 cm³/mol. The zero-order valence-electron chi connectivity index (χ0n) is 22.1. The maximum Gasteiger partial charge on any atom is 0.334 e. The van der Waals surface area contributed by atoms with E-state index in [9.17, 15) is 0 Å². The molecule has 8 heteroatoms. The summed E-state index contributed by atoms with van der Waals surface area (Å²) < 4.78 is 17.0. The van der Waals surface area contributed by atoms with Crippen molar-refractivity contribution in [3.63, 3.8) is 0 Å². The first kappa shape index (κ1) is 29.7. The lowest BCUT2D eigenvalue weighted by atomic mass is 10.2. The third-order valence-corrected chi connectivity index (χ3v) is 19.1. The SMILES string of the molecule is CO[Si](C)(CCCN(CCCCCCN([Si](C)(C)C)[Si](C)(C)C)[Si](C)(C)C)OC. The van der Waals surface area contributed by atoms with E-state index >= 15 is 0 Å². The largest absolute Gasteiger partial charge is 0.398 e. The van der Waals surface area contributed by atoms with Gasteiger partial charge in [0.2, 0.25) is 0 Å². The molecule has 0 atom stereocenters. The van der Waals surface area contributed by atoms with Gasteiger partial charge in [-0.25, -0.2) is 0 Å². The van der Waals surface area contributed by atoms with Gasteiger partial charge in [-0.1, -0.05) is 71.8 Å². The Morgan fingerprint density at radius 1 is 0.517 bits per heavy atom. The van der Waals surface area contributed by atoms with E-state index in [1.54, 1.807) is 14.2 Å². The molecular weight excluding hydrogens is 425 g/mol. The van der Waals surface area contributed by atoms with Crippen molar-refractivity contribution >= 4 is 33.3 Å². The number of hydrogen-bond acceptors (Lipinski definition) is 4. The summed E-state index contributed by atoms with van der Waals surface area (Å²) in [6.45, 7) is 28.5. The van der Waals surface area contributed by atoms with E-state index < -0.39 is 33.3 Å².